The van der Waals surface area contributed by atoms with E-state index in [-0.39, 0.29) is 0 Å². The van der Waals surface area contributed by atoms with Gasteiger partial charge < -0.3 is 5.73 Å². The third kappa shape index (κ3) is 3.07. The molecule has 0 radical (unpaired) electrons. The predicted molar refractivity (Wildman–Crippen MR) is 82.0 cm³/mol. The lowest BCUT2D eigenvalue weighted by Crippen LogP contribution is -2.36. The number of rotatable bonds is 4. The van der Waals surface area contributed by atoms with E-state index >= 15 is 0 Å². The van der Waals surface area contributed by atoms with Gasteiger partial charge in [0.05, 0.1) is 5.69 Å². The number of aromatic nitrogens is 2. The summed E-state index contributed by atoms with van der Waals surface area (Å²) in [5.74, 6) is 0. The zero-order chi connectivity index (χ0) is 14.0. The van der Waals surface area contributed by atoms with Gasteiger partial charge in [0, 0.05) is 28.7 Å². The minimum absolute atomic E-state index is 0.417. The van der Waals surface area contributed by atoms with Gasteiger partial charge in [0.15, 0.2) is 0 Å². The summed E-state index contributed by atoms with van der Waals surface area (Å²) < 4.78 is 3.08. The highest BCUT2D eigenvalue weighted by atomic mass is 79.9. The van der Waals surface area contributed by atoms with Crippen molar-refractivity contribution in [3.05, 3.63) is 51.8 Å². The van der Waals surface area contributed by atoms with E-state index in [1.165, 1.54) is 5.69 Å². The molecule has 3 nitrogen and oxygen atoms in total. The van der Waals surface area contributed by atoms with Crippen LogP contribution in [0.2, 0.25) is 0 Å². The Morgan fingerprint density at radius 3 is 2.68 bits per heavy atom. The van der Waals surface area contributed by atoms with E-state index in [2.05, 4.69) is 47.0 Å². The molecule has 2 aromatic rings. The highest BCUT2D eigenvalue weighted by Crippen LogP contribution is 2.29. The number of hydrogen-bond acceptors (Lipinski definition) is 2. The zero-order valence-corrected chi connectivity index (χ0v) is 13.2. The largest absolute Gasteiger partial charge is 0.321 e. The molecule has 1 aromatic heterocycles. The lowest BCUT2D eigenvalue weighted by atomic mass is 9.88. The van der Waals surface area contributed by atoms with Crippen LogP contribution in [0, 0.1) is 6.92 Å². The molecule has 0 spiro atoms. The molecule has 0 aliphatic heterocycles. The summed E-state index contributed by atoms with van der Waals surface area (Å²) in [4.78, 5) is 0. The minimum Gasteiger partial charge on any atom is -0.321 e. The second kappa shape index (κ2) is 5.47. The first kappa shape index (κ1) is 14.3. The Morgan fingerprint density at radius 2 is 2.05 bits per heavy atom. The molecule has 0 saturated heterocycles. The first-order valence-electron chi connectivity index (χ1n) is 6.51. The maximum absolute atomic E-state index is 6.53. The first-order chi connectivity index (χ1) is 8.94. The second-order valence-corrected chi connectivity index (χ2v) is 6.02. The average Bonchev–Trinajstić information content (AvgIpc) is 2.69. The van der Waals surface area contributed by atoms with Crippen LogP contribution in [0.5, 0.6) is 0 Å². The lowest BCUT2D eigenvalue weighted by molar-refractivity contribution is 0.462. The van der Waals surface area contributed by atoms with Crippen LogP contribution < -0.4 is 5.73 Å². The highest BCUT2D eigenvalue weighted by molar-refractivity contribution is 9.10. The molecular weight excluding hydrogens is 302 g/mol. The third-order valence-electron chi connectivity index (χ3n) is 3.32. The fourth-order valence-corrected chi connectivity index (χ4v) is 3.15. The van der Waals surface area contributed by atoms with Crippen LogP contribution in [0.3, 0.4) is 0 Å². The summed E-state index contributed by atoms with van der Waals surface area (Å²) >= 11 is 3.58. The Morgan fingerprint density at radius 1 is 1.37 bits per heavy atom. The van der Waals surface area contributed by atoms with Gasteiger partial charge >= 0.3 is 0 Å². The van der Waals surface area contributed by atoms with Gasteiger partial charge in [-0.15, -0.1) is 0 Å². The maximum atomic E-state index is 6.53. The molecule has 1 atom stereocenters. The quantitative estimate of drug-likeness (QED) is 0.938. The summed E-state index contributed by atoms with van der Waals surface area (Å²) in [6.07, 6.45) is 0.768. The topological polar surface area (TPSA) is 43.8 Å². The van der Waals surface area contributed by atoms with Crippen LogP contribution in [0.25, 0.3) is 0 Å². The van der Waals surface area contributed by atoms with Crippen molar-refractivity contribution < 1.29 is 0 Å². The van der Waals surface area contributed by atoms with Crippen molar-refractivity contribution in [2.75, 3.05) is 0 Å². The van der Waals surface area contributed by atoms with Crippen molar-refractivity contribution in [1.29, 1.82) is 0 Å². The fraction of sp³-hybridized carbons (Fsp3) is 0.400. The number of aryl methyl sites for hydroxylation is 2. The Hall–Kier alpha value is -1.13. The Bertz CT molecular complexity index is 573. The average molecular weight is 322 g/mol. The predicted octanol–water partition coefficient (Wildman–Crippen LogP) is 3.39. The van der Waals surface area contributed by atoms with Gasteiger partial charge in [-0.2, -0.15) is 5.10 Å². The molecule has 1 heterocycles. The molecule has 0 aliphatic rings. The van der Waals surface area contributed by atoms with Crippen LogP contribution in [-0.2, 0) is 18.5 Å². The van der Waals surface area contributed by atoms with Crippen LogP contribution in [0.4, 0.5) is 0 Å². The van der Waals surface area contributed by atoms with Crippen molar-refractivity contribution >= 4 is 15.9 Å². The Kier molecular flexibility index (Phi) is 4.11. The number of nitrogens with two attached hydrogens (primary N) is 1. The SMILES string of the molecule is CCn1nc(C)cc1CC(C)(N)c1ccccc1Br. The van der Waals surface area contributed by atoms with Crippen LogP contribution in [0.15, 0.2) is 34.8 Å². The number of halogens is 1. The molecule has 19 heavy (non-hydrogen) atoms. The van der Waals surface area contributed by atoms with E-state index < -0.39 is 5.54 Å². The summed E-state index contributed by atoms with van der Waals surface area (Å²) in [7, 11) is 0. The van der Waals surface area contributed by atoms with Gasteiger partial charge in [-0.3, -0.25) is 4.68 Å². The first-order valence-corrected chi connectivity index (χ1v) is 7.30. The molecule has 102 valence electrons. The van der Waals surface area contributed by atoms with E-state index in [4.69, 9.17) is 5.73 Å². The zero-order valence-electron chi connectivity index (χ0n) is 11.7. The molecule has 4 heteroatoms. The molecule has 0 saturated carbocycles. The summed E-state index contributed by atoms with van der Waals surface area (Å²) in [5, 5.41) is 4.48. The van der Waals surface area contributed by atoms with E-state index in [1.54, 1.807) is 0 Å². The van der Waals surface area contributed by atoms with E-state index in [0.717, 1.165) is 28.7 Å². The van der Waals surface area contributed by atoms with Crippen molar-refractivity contribution in [3.8, 4) is 0 Å². The number of benzene rings is 1. The second-order valence-electron chi connectivity index (χ2n) is 5.17. The van der Waals surface area contributed by atoms with Crippen molar-refractivity contribution in [2.45, 2.75) is 39.3 Å². The van der Waals surface area contributed by atoms with Gasteiger partial charge in [-0.25, -0.2) is 0 Å². The number of nitrogens with zero attached hydrogens (tertiary/aromatic N) is 2. The summed E-state index contributed by atoms with van der Waals surface area (Å²) in [6.45, 7) is 7.05. The molecule has 1 unspecified atom stereocenters. The van der Waals surface area contributed by atoms with E-state index in [9.17, 15) is 0 Å². The van der Waals surface area contributed by atoms with Gasteiger partial charge in [0.25, 0.3) is 0 Å². The standard InChI is InChI=1S/C15H20BrN3/c1-4-19-12(9-11(2)18-19)10-15(3,17)13-7-5-6-8-14(13)16/h5-9H,4,10,17H2,1-3H3. The molecule has 2 N–H and O–H groups in total. The lowest BCUT2D eigenvalue weighted by Gasteiger charge is -2.26. The molecule has 0 aliphatic carbocycles. The van der Waals surface area contributed by atoms with Gasteiger partial charge in [0.2, 0.25) is 0 Å². The molecular formula is C15H20BrN3. The number of hydrogen-bond donors (Lipinski definition) is 1. The van der Waals surface area contributed by atoms with Gasteiger partial charge in [0.1, 0.15) is 0 Å². The molecule has 0 amide bonds. The van der Waals surface area contributed by atoms with Crippen LogP contribution >= 0.6 is 15.9 Å². The maximum Gasteiger partial charge on any atom is 0.0596 e. The van der Waals surface area contributed by atoms with Crippen molar-refractivity contribution in [2.24, 2.45) is 5.73 Å². The molecule has 1 aromatic carbocycles. The molecule has 0 fully saturated rings. The molecule has 0 bridgehead atoms. The highest BCUT2D eigenvalue weighted by Gasteiger charge is 2.25. The smallest absolute Gasteiger partial charge is 0.0596 e. The third-order valence-corrected chi connectivity index (χ3v) is 4.01. The summed E-state index contributed by atoms with van der Waals surface area (Å²) in [5.41, 5.74) is 9.46. The Labute approximate surface area is 122 Å². The Balaban J connectivity index is 2.33. The van der Waals surface area contributed by atoms with E-state index in [1.807, 2.05) is 29.8 Å². The van der Waals surface area contributed by atoms with Gasteiger partial charge in [-0.1, -0.05) is 34.1 Å². The normalized spacial score (nSPS) is 14.4. The van der Waals surface area contributed by atoms with Crippen LogP contribution in [0.1, 0.15) is 30.8 Å². The molecule has 2 rings (SSSR count). The van der Waals surface area contributed by atoms with Crippen molar-refractivity contribution in [1.82, 2.24) is 9.78 Å². The minimum atomic E-state index is -0.417. The fourth-order valence-electron chi connectivity index (χ4n) is 2.41. The van der Waals surface area contributed by atoms with Crippen LogP contribution in [-0.4, -0.2) is 9.78 Å². The van der Waals surface area contributed by atoms with Gasteiger partial charge in [-0.05, 0) is 38.5 Å². The summed E-state index contributed by atoms with van der Waals surface area (Å²) in [6, 6.07) is 10.2. The van der Waals surface area contributed by atoms with E-state index in [0.29, 0.717) is 0 Å². The monoisotopic (exact) mass is 321 g/mol. The van der Waals surface area contributed by atoms with Crippen molar-refractivity contribution in [3.63, 3.8) is 0 Å².